The molecular formula is C16H20N2O4S. The number of esters is 1. The van der Waals surface area contributed by atoms with Crippen LogP contribution in [-0.2, 0) is 14.8 Å². The predicted octanol–water partition coefficient (Wildman–Crippen LogP) is 3.03. The number of hydrogen-bond acceptors (Lipinski definition) is 4. The Kier molecular flexibility index (Phi) is 4.79. The summed E-state index contributed by atoms with van der Waals surface area (Å²) in [6.07, 6.45) is 0. The van der Waals surface area contributed by atoms with E-state index in [2.05, 4.69) is 14.4 Å². The molecule has 6 nitrogen and oxygen atoms in total. The zero-order valence-electron chi connectivity index (χ0n) is 13.5. The van der Waals surface area contributed by atoms with Gasteiger partial charge in [0, 0.05) is 5.69 Å². The average molecular weight is 336 g/mol. The van der Waals surface area contributed by atoms with E-state index in [4.69, 9.17) is 0 Å². The fourth-order valence-electron chi connectivity index (χ4n) is 2.17. The lowest BCUT2D eigenvalue weighted by Crippen LogP contribution is -2.15. The summed E-state index contributed by atoms with van der Waals surface area (Å²) >= 11 is 0. The van der Waals surface area contributed by atoms with Crippen molar-refractivity contribution in [1.82, 2.24) is 4.98 Å². The second kappa shape index (κ2) is 6.45. The fourth-order valence-corrected chi connectivity index (χ4v) is 3.23. The maximum atomic E-state index is 12.5. The van der Waals surface area contributed by atoms with Gasteiger partial charge in [-0.15, -0.1) is 0 Å². The smallest absolute Gasteiger partial charge is 0.356 e. The van der Waals surface area contributed by atoms with Crippen LogP contribution in [0.2, 0.25) is 0 Å². The van der Waals surface area contributed by atoms with Crippen LogP contribution >= 0.6 is 0 Å². The van der Waals surface area contributed by atoms with Gasteiger partial charge in [-0.2, -0.15) is 0 Å². The first kappa shape index (κ1) is 17.1. The third-order valence-electron chi connectivity index (χ3n) is 3.44. The minimum Gasteiger partial charge on any atom is -0.464 e. The van der Waals surface area contributed by atoms with Crippen molar-refractivity contribution in [1.29, 1.82) is 0 Å². The molecule has 0 aliphatic rings. The summed E-state index contributed by atoms with van der Waals surface area (Å²) in [5.74, 6) is -0.316. The molecule has 0 aliphatic carbocycles. The number of ether oxygens (including phenoxy) is 1. The van der Waals surface area contributed by atoms with Crippen molar-refractivity contribution in [3.63, 3.8) is 0 Å². The Morgan fingerprint density at radius 3 is 2.35 bits per heavy atom. The number of nitrogens with one attached hydrogen (secondary N) is 2. The number of rotatable bonds is 5. The van der Waals surface area contributed by atoms with Gasteiger partial charge >= 0.3 is 5.97 Å². The van der Waals surface area contributed by atoms with Crippen molar-refractivity contribution in [2.75, 3.05) is 11.8 Å². The Balaban J connectivity index is 2.33. The first-order chi connectivity index (χ1) is 10.7. The van der Waals surface area contributed by atoms with E-state index in [0.717, 1.165) is 5.56 Å². The standard InChI is InChI=1S/C16H20N2O4S/c1-10(2)12-5-7-13(8-6-12)23(20,21)18-14-9-11(3)17-15(14)16(19)22-4/h5-10,17-18H,1-4H3. The molecule has 0 amide bonds. The van der Waals surface area contributed by atoms with E-state index in [1.807, 2.05) is 13.8 Å². The number of aromatic nitrogens is 1. The number of aromatic amines is 1. The highest BCUT2D eigenvalue weighted by Crippen LogP contribution is 2.23. The molecule has 0 bridgehead atoms. The molecule has 2 N–H and O–H groups in total. The number of aryl methyl sites for hydroxylation is 1. The molecule has 0 saturated heterocycles. The number of carbonyl (C=O) groups excluding carboxylic acids is 1. The summed E-state index contributed by atoms with van der Waals surface area (Å²) in [6, 6.07) is 8.21. The highest BCUT2D eigenvalue weighted by molar-refractivity contribution is 7.92. The van der Waals surface area contributed by atoms with Crippen molar-refractivity contribution >= 4 is 21.7 Å². The summed E-state index contributed by atoms with van der Waals surface area (Å²) in [6.45, 7) is 5.79. The molecule has 0 spiro atoms. The molecule has 124 valence electrons. The molecule has 0 radical (unpaired) electrons. The topological polar surface area (TPSA) is 88.3 Å². The van der Waals surface area contributed by atoms with Crippen molar-refractivity contribution in [3.8, 4) is 0 Å². The number of methoxy groups -OCH3 is 1. The van der Waals surface area contributed by atoms with E-state index in [0.29, 0.717) is 11.6 Å². The summed E-state index contributed by atoms with van der Waals surface area (Å²) in [4.78, 5) is 14.6. The third-order valence-corrected chi connectivity index (χ3v) is 4.82. The van der Waals surface area contributed by atoms with E-state index in [1.54, 1.807) is 37.3 Å². The van der Waals surface area contributed by atoms with Crippen LogP contribution in [0.5, 0.6) is 0 Å². The monoisotopic (exact) mass is 336 g/mol. The Morgan fingerprint density at radius 2 is 1.83 bits per heavy atom. The van der Waals surface area contributed by atoms with Crippen molar-refractivity contribution < 1.29 is 17.9 Å². The number of sulfonamides is 1. The molecular weight excluding hydrogens is 316 g/mol. The molecule has 23 heavy (non-hydrogen) atoms. The first-order valence-electron chi connectivity index (χ1n) is 7.15. The Labute approximate surface area is 135 Å². The minimum absolute atomic E-state index is 0.0763. The molecule has 2 aromatic rings. The van der Waals surface area contributed by atoms with E-state index in [-0.39, 0.29) is 16.3 Å². The van der Waals surface area contributed by atoms with E-state index in [9.17, 15) is 13.2 Å². The molecule has 0 atom stereocenters. The van der Waals surface area contributed by atoms with Gasteiger partial charge in [-0.1, -0.05) is 26.0 Å². The maximum absolute atomic E-state index is 12.5. The molecule has 1 aromatic carbocycles. The molecule has 1 heterocycles. The van der Waals surface area contributed by atoms with Gasteiger partial charge in [0.1, 0.15) is 5.69 Å². The van der Waals surface area contributed by atoms with Crippen molar-refractivity contribution in [2.45, 2.75) is 31.6 Å². The number of H-pyrrole nitrogens is 1. The van der Waals surface area contributed by atoms with Crippen LogP contribution in [0.15, 0.2) is 35.2 Å². The van der Waals surface area contributed by atoms with Gasteiger partial charge in [0.25, 0.3) is 10.0 Å². The predicted molar refractivity (Wildman–Crippen MR) is 88.2 cm³/mol. The Hall–Kier alpha value is -2.28. The number of benzene rings is 1. The number of anilines is 1. The van der Waals surface area contributed by atoms with Crippen LogP contribution in [0.25, 0.3) is 0 Å². The van der Waals surface area contributed by atoms with E-state index < -0.39 is 16.0 Å². The van der Waals surface area contributed by atoms with Crippen LogP contribution in [-0.4, -0.2) is 26.5 Å². The quantitative estimate of drug-likeness (QED) is 0.822. The average Bonchev–Trinajstić information content (AvgIpc) is 2.86. The van der Waals surface area contributed by atoms with Crippen LogP contribution in [0, 0.1) is 6.92 Å². The molecule has 0 unspecified atom stereocenters. The lowest BCUT2D eigenvalue weighted by atomic mass is 10.0. The second-order valence-electron chi connectivity index (χ2n) is 5.56. The summed E-state index contributed by atoms with van der Waals surface area (Å²) < 4.78 is 32.0. The van der Waals surface area contributed by atoms with Gasteiger partial charge in [-0.25, -0.2) is 13.2 Å². The summed E-state index contributed by atoms with van der Waals surface area (Å²) in [5.41, 5.74) is 1.95. The number of carbonyl (C=O) groups is 1. The Morgan fingerprint density at radius 1 is 1.22 bits per heavy atom. The van der Waals surface area contributed by atoms with Gasteiger partial charge in [0.05, 0.1) is 17.7 Å². The van der Waals surface area contributed by atoms with Crippen molar-refractivity contribution in [2.24, 2.45) is 0 Å². The van der Waals surface area contributed by atoms with Gasteiger partial charge in [0.15, 0.2) is 0 Å². The molecule has 0 fully saturated rings. The van der Waals surface area contributed by atoms with Crippen LogP contribution in [0.3, 0.4) is 0 Å². The van der Waals surface area contributed by atoms with Crippen LogP contribution < -0.4 is 4.72 Å². The normalized spacial score (nSPS) is 11.5. The highest BCUT2D eigenvalue weighted by Gasteiger charge is 2.21. The molecule has 7 heteroatoms. The molecule has 1 aromatic heterocycles. The maximum Gasteiger partial charge on any atom is 0.356 e. The fraction of sp³-hybridized carbons (Fsp3) is 0.312. The largest absolute Gasteiger partial charge is 0.464 e. The van der Waals surface area contributed by atoms with Gasteiger partial charge < -0.3 is 9.72 Å². The zero-order chi connectivity index (χ0) is 17.2. The van der Waals surface area contributed by atoms with Crippen LogP contribution in [0.1, 0.15) is 41.5 Å². The zero-order valence-corrected chi connectivity index (χ0v) is 14.3. The summed E-state index contributed by atoms with van der Waals surface area (Å²) in [5, 5.41) is 0. The lowest BCUT2D eigenvalue weighted by molar-refractivity contribution is 0.0596. The molecule has 0 aliphatic heterocycles. The number of hydrogen-bond donors (Lipinski definition) is 2. The van der Waals surface area contributed by atoms with Crippen molar-refractivity contribution in [3.05, 3.63) is 47.3 Å². The minimum atomic E-state index is -3.78. The lowest BCUT2D eigenvalue weighted by Gasteiger charge is -2.10. The first-order valence-corrected chi connectivity index (χ1v) is 8.63. The highest BCUT2D eigenvalue weighted by atomic mass is 32.2. The van der Waals surface area contributed by atoms with Crippen LogP contribution in [0.4, 0.5) is 5.69 Å². The summed E-state index contributed by atoms with van der Waals surface area (Å²) in [7, 11) is -2.55. The van der Waals surface area contributed by atoms with E-state index in [1.165, 1.54) is 7.11 Å². The Bertz CT molecular complexity index is 805. The molecule has 2 rings (SSSR count). The van der Waals surface area contributed by atoms with Gasteiger partial charge in [-0.05, 0) is 36.6 Å². The second-order valence-corrected chi connectivity index (χ2v) is 7.24. The SMILES string of the molecule is COC(=O)c1[nH]c(C)cc1NS(=O)(=O)c1ccc(C(C)C)cc1. The van der Waals surface area contributed by atoms with E-state index >= 15 is 0 Å². The van der Waals surface area contributed by atoms with Gasteiger partial charge in [-0.3, -0.25) is 4.72 Å². The van der Waals surface area contributed by atoms with Gasteiger partial charge in [0.2, 0.25) is 0 Å². The third kappa shape index (κ3) is 3.73. The molecule has 0 saturated carbocycles.